The molecule has 0 bridgehead atoms. The normalized spacial score (nSPS) is 17.1. The lowest BCUT2D eigenvalue weighted by Crippen LogP contribution is -2.33. The largest absolute Gasteiger partial charge is 0.381 e. The maximum absolute atomic E-state index is 12.1. The molecule has 3 nitrogen and oxygen atoms in total. The van der Waals surface area contributed by atoms with E-state index in [1.165, 1.54) is 11.3 Å². The van der Waals surface area contributed by atoms with E-state index in [1.807, 2.05) is 7.05 Å². The van der Waals surface area contributed by atoms with E-state index in [2.05, 4.69) is 4.90 Å². The van der Waals surface area contributed by atoms with Crippen LogP contribution in [0, 0.1) is 5.92 Å². The van der Waals surface area contributed by atoms with Gasteiger partial charge in [-0.3, -0.25) is 9.69 Å². The van der Waals surface area contributed by atoms with Crippen LogP contribution >= 0.6 is 34.5 Å². The van der Waals surface area contributed by atoms with Crippen LogP contribution in [0.4, 0.5) is 0 Å². The molecule has 0 aromatic carbocycles. The smallest absolute Gasteiger partial charge is 0.179 e. The second-order valence-corrected chi connectivity index (χ2v) is 7.20. The molecule has 6 heteroatoms. The Kier molecular flexibility index (Phi) is 5.66. The highest BCUT2D eigenvalue weighted by Gasteiger charge is 2.19. The summed E-state index contributed by atoms with van der Waals surface area (Å²) in [5, 5.41) is 0. The zero-order chi connectivity index (χ0) is 13.8. The first-order valence-electron chi connectivity index (χ1n) is 6.30. The van der Waals surface area contributed by atoms with Gasteiger partial charge in [0, 0.05) is 19.8 Å². The Morgan fingerprint density at radius 1 is 1.47 bits per heavy atom. The van der Waals surface area contributed by atoms with E-state index in [0.29, 0.717) is 26.7 Å². The van der Waals surface area contributed by atoms with Crippen molar-refractivity contribution in [3.05, 3.63) is 20.3 Å². The van der Waals surface area contributed by atoms with Gasteiger partial charge in [-0.05, 0) is 31.9 Å². The summed E-state index contributed by atoms with van der Waals surface area (Å²) in [4.78, 5) is 14.2. The summed E-state index contributed by atoms with van der Waals surface area (Å²) in [6.45, 7) is 2.96. The first-order valence-corrected chi connectivity index (χ1v) is 7.88. The highest BCUT2D eigenvalue weighted by atomic mass is 35.5. The Morgan fingerprint density at radius 3 is 2.74 bits per heavy atom. The standard InChI is InChI=1S/C13H17Cl2NO2S/c1-16(7-9-2-4-18-5-3-9)8-11(17)10-6-12(14)19-13(10)15/h6,9H,2-5,7-8H2,1H3. The van der Waals surface area contributed by atoms with Crippen molar-refractivity contribution in [1.82, 2.24) is 4.90 Å². The Morgan fingerprint density at radius 2 is 2.16 bits per heavy atom. The summed E-state index contributed by atoms with van der Waals surface area (Å²) < 4.78 is 6.37. The number of carbonyl (C=O) groups is 1. The molecular weight excluding hydrogens is 305 g/mol. The third-order valence-electron chi connectivity index (χ3n) is 3.28. The molecule has 2 rings (SSSR count). The third kappa shape index (κ3) is 4.43. The molecule has 1 aromatic rings. The number of rotatable bonds is 5. The summed E-state index contributed by atoms with van der Waals surface area (Å²) in [6.07, 6.45) is 2.15. The van der Waals surface area contributed by atoms with Crippen molar-refractivity contribution >= 4 is 40.3 Å². The minimum absolute atomic E-state index is 0.0303. The summed E-state index contributed by atoms with van der Waals surface area (Å²) in [5.41, 5.74) is 0.537. The van der Waals surface area contributed by atoms with E-state index >= 15 is 0 Å². The first-order chi connectivity index (χ1) is 9.06. The second-order valence-electron chi connectivity index (χ2n) is 4.91. The molecule has 19 heavy (non-hydrogen) atoms. The number of Topliss-reactive ketones (excluding diaryl/α,β-unsaturated/α-hetero) is 1. The van der Waals surface area contributed by atoms with Crippen molar-refractivity contribution in [3.63, 3.8) is 0 Å². The van der Waals surface area contributed by atoms with Gasteiger partial charge >= 0.3 is 0 Å². The number of thiophene rings is 1. The highest BCUT2D eigenvalue weighted by molar-refractivity contribution is 7.20. The number of nitrogens with zero attached hydrogens (tertiary/aromatic N) is 1. The lowest BCUT2D eigenvalue weighted by Gasteiger charge is -2.26. The molecule has 0 atom stereocenters. The van der Waals surface area contributed by atoms with Gasteiger partial charge in [0.05, 0.1) is 16.4 Å². The molecule has 0 spiro atoms. The number of hydrogen-bond donors (Lipinski definition) is 0. The molecule has 0 unspecified atom stereocenters. The maximum atomic E-state index is 12.1. The molecule has 0 amide bonds. The van der Waals surface area contributed by atoms with Gasteiger partial charge in [-0.2, -0.15) is 0 Å². The van der Waals surface area contributed by atoms with Crippen LogP contribution in [-0.2, 0) is 4.74 Å². The van der Waals surface area contributed by atoms with Gasteiger partial charge in [-0.15, -0.1) is 11.3 Å². The van der Waals surface area contributed by atoms with Crippen LogP contribution in [0.25, 0.3) is 0 Å². The number of carbonyl (C=O) groups excluding carboxylic acids is 1. The van der Waals surface area contributed by atoms with Crippen molar-refractivity contribution in [2.75, 3.05) is 33.4 Å². The molecule has 2 heterocycles. The number of hydrogen-bond acceptors (Lipinski definition) is 4. The topological polar surface area (TPSA) is 29.5 Å². The van der Waals surface area contributed by atoms with Gasteiger partial charge in [0.2, 0.25) is 0 Å². The fraction of sp³-hybridized carbons (Fsp3) is 0.615. The van der Waals surface area contributed by atoms with Crippen LogP contribution in [0.15, 0.2) is 6.07 Å². The van der Waals surface area contributed by atoms with Crippen LogP contribution in [0.3, 0.4) is 0 Å². The fourth-order valence-electron chi connectivity index (χ4n) is 2.29. The van der Waals surface area contributed by atoms with E-state index in [9.17, 15) is 4.79 Å². The molecular formula is C13H17Cl2NO2S. The zero-order valence-corrected chi connectivity index (χ0v) is 13.2. The van der Waals surface area contributed by atoms with Crippen LogP contribution in [0.5, 0.6) is 0 Å². The Bertz CT molecular complexity index is 444. The predicted octanol–water partition coefficient (Wildman–Crippen LogP) is 3.60. The number of ether oxygens (including phenoxy) is 1. The van der Waals surface area contributed by atoms with Gasteiger partial charge in [-0.25, -0.2) is 0 Å². The number of likely N-dealkylation sites (N-methyl/N-ethyl adjacent to an activating group) is 1. The molecule has 1 aliphatic heterocycles. The van der Waals surface area contributed by atoms with Crippen LogP contribution < -0.4 is 0 Å². The molecule has 0 radical (unpaired) electrons. The zero-order valence-electron chi connectivity index (χ0n) is 10.8. The second kappa shape index (κ2) is 7.04. The first kappa shape index (κ1) is 15.3. The van der Waals surface area contributed by atoms with Crippen LogP contribution in [0.1, 0.15) is 23.2 Å². The van der Waals surface area contributed by atoms with Gasteiger partial charge in [0.25, 0.3) is 0 Å². The Labute approximate surface area is 127 Å². The van der Waals surface area contributed by atoms with Crippen LogP contribution in [0.2, 0.25) is 8.67 Å². The molecule has 106 valence electrons. The molecule has 1 saturated heterocycles. The lowest BCUT2D eigenvalue weighted by atomic mass is 10.00. The number of halogens is 2. The molecule has 0 saturated carbocycles. The summed E-state index contributed by atoms with van der Waals surface area (Å²) in [5.74, 6) is 0.649. The van der Waals surface area contributed by atoms with E-state index in [-0.39, 0.29) is 5.78 Å². The molecule has 1 aromatic heterocycles. The Hall–Kier alpha value is -0.130. The summed E-state index contributed by atoms with van der Waals surface area (Å²) in [7, 11) is 1.97. The monoisotopic (exact) mass is 321 g/mol. The minimum Gasteiger partial charge on any atom is -0.381 e. The minimum atomic E-state index is 0.0303. The lowest BCUT2D eigenvalue weighted by molar-refractivity contribution is 0.0549. The van der Waals surface area contributed by atoms with E-state index in [1.54, 1.807) is 6.07 Å². The highest BCUT2D eigenvalue weighted by Crippen LogP contribution is 2.31. The van der Waals surface area contributed by atoms with Crippen molar-refractivity contribution < 1.29 is 9.53 Å². The maximum Gasteiger partial charge on any atom is 0.179 e. The van der Waals surface area contributed by atoms with E-state index in [0.717, 1.165) is 32.6 Å². The van der Waals surface area contributed by atoms with Crippen molar-refractivity contribution in [2.45, 2.75) is 12.8 Å². The molecule has 0 N–H and O–H groups in total. The third-order valence-corrected chi connectivity index (χ3v) is 4.77. The van der Waals surface area contributed by atoms with Crippen molar-refractivity contribution in [3.8, 4) is 0 Å². The van der Waals surface area contributed by atoms with E-state index in [4.69, 9.17) is 27.9 Å². The number of ketones is 1. The predicted molar refractivity (Wildman–Crippen MR) is 79.7 cm³/mol. The van der Waals surface area contributed by atoms with Gasteiger partial charge in [0.15, 0.2) is 5.78 Å². The quantitative estimate of drug-likeness (QED) is 0.776. The Balaban J connectivity index is 1.86. The van der Waals surface area contributed by atoms with Gasteiger partial charge in [0.1, 0.15) is 4.34 Å². The molecule has 1 fully saturated rings. The molecule has 1 aliphatic rings. The summed E-state index contributed by atoms with van der Waals surface area (Å²) in [6, 6.07) is 1.65. The van der Waals surface area contributed by atoms with E-state index < -0.39 is 0 Å². The van der Waals surface area contributed by atoms with Gasteiger partial charge in [-0.1, -0.05) is 23.2 Å². The average Bonchev–Trinajstić information content (AvgIpc) is 2.69. The SMILES string of the molecule is CN(CC(=O)c1cc(Cl)sc1Cl)CC1CCOCC1. The molecule has 0 aliphatic carbocycles. The van der Waals surface area contributed by atoms with Crippen LogP contribution in [-0.4, -0.2) is 44.0 Å². The van der Waals surface area contributed by atoms with Crippen molar-refractivity contribution in [2.24, 2.45) is 5.92 Å². The summed E-state index contributed by atoms with van der Waals surface area (Å²) >= 11 is 13.1. The fourth-order valence-corrected chi connectivity index (χ4v) is 3.79. The average molecular weight is 322 g/mol. The van der Waals surface area contributed by atoms with Crippen molar-refractivity contribution in [1.29, 1.82) is 0 Å². The van der Waals surface area contributed by atoms with Gasteiger partial charge < -0.3 is 4.74 Å².